The number of hydrogen-bond acceptors (Lipinski definition) is 11. The number of carbonyl (C=O) groups excluding carboxylic acids is 1. The van der Waals surface area contributed by atoms with Crippen LogP contribution in [-0.2, 0) is 27.9 Å². The van der Waals surface area contributed by atoms with Gasteiger partial charge in [0.2, 0.25) is 0 Å². The second-order valence-corrected chi connectivity index (χ2v) is 15.5. The molecule has 6 N–H and O–H groups in total. The minimum Gasteiger partial charge on any atom is -0.457 e. The van der Waals surface area contributed by atoms with Gasteiger partial charge in [0.25, 0.3) is 0 Å². The zero-order valence-corrected chi connectivity index (χ0v) is 34.3. The lowest BCUT2D eigenvalue weighted by Crippen LogP contribution is -2.64. The third-order valence-electron chi connectivity index (χ3n) is 9.19. The van der Waals surface area contributed by atoms with E-state index in [1.807, 2.05) is 18.2 Å². The fourth-order valence-corrected chi connectivity index (χ4v) is 6.87. The van der Waals surface area contributed by atoms with Gasteiger partial charge in [-0.3, -0.25) is 13.8 Å². The normalized spacial score (nSPS) is 23.9. The summed E-state index contributed by atoms with van der Waals surface area (Å²) in [6.07, 6.45) is 27.5. The van der Waals surface area contributed by atoms with Crippen molar-refractivity contribution in [1.29, 1.82) is 0 Å². The van der Waals surface area contributed by atoms with Crippen LogP contribution in [0.5, 0.6) is 0 Å². The maximum Gasteiger partial charge on any atom is 0.472 e. The summed E-state index contributed by atoms with van der Waals surface area (Å²) in [6.45, 7) is 4.01. The first kappa shape index (κ1) is 51.1. The fraction of sp³-hybridized carbons (Fsp3) is 0.738. The van der Waals surface area contributed by atoms with E-state index in [-0.39, 0.29) is 13.0 Å². The van der Waals surface area contributed by atoms with Crippen molar-refractivity contribution in [2.75, 3.05) is 19.8 Å². The van der Waals surface area contributed by atoms with E-state index in [9.17, 15) is 39.8 Å². The Morgan fingerprint density at radius 1 is 0.582 bits per heavy atom. The Labute approximate surface area is 330 Å². The molecule has 0 aromatic rings. The van der Waals surface area contributed by atoms with Gasteiger partial charge in [-0.25, -0.2) is 4.57 Å². The Morgan fingerprint density at radius 2 is 1.00 bits per heavy atom. The van der Waals surface area contributed by atoms with Gasteiger partial charge in [0, 0.05) is 6.61 Å². The summed E-state index contributed by atoms with van der Waals surface area (Å²) >= 11 is 0. The minimum absolute atomic E-state index is 0.0469. The second kappa shape index (κ2) is 33.1. The number of phosphoric acid groups is 1. The summed E-state index contributed by atoms with van der Waals surface area (Å²) in [7, 11) is -5.04. The van der Waals surface area contributed by atoms with E-state index in [4.69, 9.17) is 18.5 Å². The van der Waals surface area contributed by atoms with Crippen LogP contribution < -0.4 is 0 Å². The molecule has 6 atom stereocenters. The number of esters is 1. The highest BCUT2D eigenvalue weighted by Crippen LogP contribution is 2.47. The lowest BCUT2D eigenvalue weighted by molar-refractivity contribution is -0.220. The average Bonchev–Trinajstić information content (AvgIpc) is 3.17. The molecule has 13 heteroatoms. The van der Waals surface area contributed by atoms with Gasteiger partial charge in [0.05, 0.1) is 19.6 Å². The molecule has 0 saturated heterocycles. The Morgan fingerprint density at radius 3 is 1.47 bits per heavy atom. The monoisotopic (exact) mass is 800 g/mol. The molecule has 318 valence electrons. The molecule has 1 aliphatic rings. The standard InChI is InChI=1S/C42H73O12P/c1-3-5-7-9-11-13-15-17-18-19-21-23-25-27-29-31-36(43)53-35(33-51-32-30-28-26-24-22-20-16-14-12-10-8-6-4-2)34-52-55(49,50)54-42-40(47)38(45)37(44)39(46)41(42)48/h5,7,11,13,17-18,21,23,27,29,35,37-42,44-48H,3-4,6,8-10,12,14-16,19-20,22,24-26,28,30-34H2,1-2H3,(H,49,50)/b7-5-,13-11-,18-17-,23-21-,29-27-. The highest BCUT2D eigenvalue weighted by atomic mass is 31.2. The summed E-state index contributed by atoms with van der Waals surface area (Å²) in [6, 6.07) is 0. The van der Waals surface area contributed by atoms with E-state index in [0.717, 1.165) is 44.9 Å². The van der Waals surface area contributed by atoms with Crippen LogP contribution in [0.2, 0.25) is 0 Å². The van der Waals surface area contributed by atoms with Crippen LogP contribution in [0.3, 0.4) is 0 Å². The third kappa shape index (κ3) is 25.8. The Bertz CT molecular complexity index is 1140. The Kier molecular flexibility index (Phi) is 30.7. The molecular formula is C42H73O12P. The molecule has 55 heavy (non-hydrogen) atoms. The number of ether oxygens (including phenoxy) is 2. The van der Waals surface area contributed by atoms with Crippen LogP contribution in [0.15, 0.2) is 60.8 Å². The first-order valence-corrected chi connectivity index (χ1v) is 22.1. The summed E-state index contributed by atoms with van der Waals surface area (Å²) in [4.78, 5) is 23.0. The van der Waals surface area contributed by atoms with Crippen LogP contribution in [0.1, 0.15) is 136 Å². The Balaban J connectivity index is 2.52. The van der Waals surface area contributed by atoms with Gasteiger partial charge in [-0.15, -0.1) is 0 Å². The van der Waals surface area contributed by atoms with E-state index in [0.29, 0.717) is 13.0 Å². The predicted molar refractivity (Wildman–Crippen MR) is 216 cm³/mol. The van der Waals surface area contributed by atoms with Gasteiger partial charge in [-0.05, 0) is 38.5 Å². The summed E-state index contributed by atoms with van der Waals surface area (Å²) in [5.41, 5.74) is 0. The first-order valence-electron chi connectivity index (χ1n) is 20.6. The molecule has 1 saturated carbocycles. The van der Waals surface area contributed by atoms with Crippen LogP contribution in [0.4, 0.5) is 0 Å². The number of hydrogen-bond donors (Lipinski definition) is 6. The second-order valence-electron chi connectivity index (χ2n) is 14.1. The van der Waals surface area contributed by atoms with Crippen molar-refractivity contribution >= 4 is 13.8 Å². The number of aliphatic hydroxyl groups excluding tert-OH is 5. The lowest BCUT2D eigenvalue weighted by Gasteiger charge is -2.41. The molecule has 12 nitrogen and oxygen atoms in total. The smallest absolute Gasteiger partial charge is 0.457 e. The summed E-state index contributed by atoms with van der Waals surface area (Å²) in [5.74, 6) is -0.605. The van der Waals surface area contributed by atoms with E-state index >= 15 is 0 Å². The summed E-state index contributed by atoms with van der Waals surface area (Å²) in [5, 5.41) is 50.0. The largest absolute Gasteiger partial charge is 0.472 e. The van der Waals surface area contributed by atoms with Gasteiger partial charge in [-0.2, -0.15) is 0 Å². The quantitative estimate of drug-likeness (QED) is 0.0166. The molecule has 0 heterocycles. The molecule has 0 amide bonds. The van der Waals surface area contributed by atoms with Gasteiger partial charge in [0.15, 0.2) is 0 Å². The maximum absolute atomic E-state index is 12.8. The maximum atomic E-state index is 12.8. The number of phosphoric ester groups is 1. The van der Waals surface area contributed by atoms with Crippen molar-refractivity contribution in [1.82, 2.24) is 0 Å². The fourth-order valence-electron chi connectivity index (χ4n) is 5.90. The van der Waals surface area contributed by atoms with Crippen molar-refractivity contribution < 1.29 is 58.3 Å². The van der Waals surface area contributed by atoms with Crippen molar-refractivity contribution in [3.8, 4) is 0 Å². The van der Waals surface area contributed by atoms with Gasteiger partial charge in [-0.1, -0.05) is 152 Å². The molecular weight excluding hydrogens is 727 g/mol. The number of allylic oxidation sites excluding steroid dienone is 9. The number of unbranched alkanes of at least 4 members (excludes halogenated alkanes) is 12. The van der Waals surface area contributed by atoms with Gasteiger partial charge < -0.3 is 39.9 Å². The van der Waals surface area contributed by atoms with Crippen molar-refractivity contribution in [3.63, 3.8) is 0 Å². The Hall–Kier alpha value is -1.96. The number of rotatable bonds is 33. The first-order chi connectivity index (χ1) is 26.5. The number of aliphatic hydroxyl groups is 5. The molecule has 0 bridgehead atoms. The van der Waals surface area contributed by atoms with Crippen LogP contribution in [-0.4, -0.2) is 98.9 Å². The van der Waals surface area contributed by atoms with E-state index in [2.05, 4.69) is 50.3 Å². The molecule has 0 radical (unpaired) electrons. The zero-order chi connectivity index (χ0) is 40.6. The van der Waals surface area contributed by atoms with Crippen molar-refractivity contribution in [2.24, 2.45) is 0 Å². The number of carbonyl (C=O) groups is 1. The SMILES string of the molecule is CC/C=C\C/C=C\C/C=C\C/C=C\C/C=C\CC(=O)OC(COCCCCCCCCCCCCCCC)COP(=O)(O)OC1C(O)C(O)C(O)C(O)C1O. The summed E-state index contributed by atoms with van der Waals surface area (Å²) < 4.78 is 33.9. The predicted octanol–water partition coefficient (Wildman–Crippen LogP) is 7.47. The van der Waals surface area contributed by atoms with Gasteiger partial charge >= 0.3 is 13.8 Å². The van der Waals surface area contributed by atoms with E-state index < -0.39 is 63.1 Å². The highest BCUT2D eigenvalue weighted by Gasteiger charge is 2.51. The lowest BCUT2D eigenvalue weighted by atomic mass is 9.85. The molecule has 1 aliphatic carbocycles. The molecule has 6 unspecified atom stereocenters. The molecule has 0 aromatic carbocycles. The molecule has 1 fully saturated rings. The average molecular weight is 801 g/mol. The van der Waals surface area contributed by atoms with Crippen LogP contribution >= 0.6 is 7.82 Å². The highest BCUT2D eigenvalue weighted by molar-refractivity contribution is 7.47. The molecule has 0 aliphatic heterocycles. The van der Waals surface area contributed by atoms with Gasteiger partial charge in [0.1, 0.15) is 42.7 Å². The van der Waals surface area contributed by atoms with Crippen LogP contribution in [0.25, 0.3) is 0 Å². The van der Waals surface area contributed by atoms with Crippen molar-refractivity contribution in [2.45, 2.75) is 179 Å². The molecule has 0 aromatic heterocycles. The minimum atomic E-state index is -5.04. The van der Waals surface area contributed by atoms with E-state index in [1.165, 1.54) is 64.2 Å². The molecule has 0 spiro atoms. The van der Waals surface area contributed by atoms with E-state index in [1.54, 1.807) is 6.08 Å². The molecule has 1 rings (SSSR count). The zero-order valence-electron chi connectivity index (χ0n) is 33.5. The van der Waals surface area contributed by atoms with Crippen LogP contribution in [0, 0.1) is 0 Å². The topological polar surface area (TPSA) is 192 Å². The van der Waals surface area contributed by atoms with Crippen molar-refractivity contribution in [3.05, 3.63) is 60.8 Å². The third-order valence-corrected chi connectivity index (χ3v) is 10.2.